The smallest absolute Gasteiger partial charge is 0.206 e. The number of benzene rings is 2. The fraction of sp³-hybridized carbons (Fsp3) is 0.143. The molecule has 0 spiro atoms. The largest absolute Gasteiger partial charge is 0.388 e. The van der Waals surface area contributed by atoms with Crippen molar-refractivity contribution in [2.45, 2.75) is 16.7 Å². The van der Waals surface area contributed by atoms with Crippen LogP contribution in [-0.4, -0.2) is 15.5 Å². The van der Waals surface area contributed by atoms with Crippen LogP contribution in [0.15, 0.2) is 58.3 Å². The second-order valence-corrected chi connectivity index (χ2v) is 6.04. The standard InChI is InChI=1S/C14H15NO2S/c1-11-6-8-13(9-7-11)18(16,17)14-5-3-4-12(10-14)15-2/h3-10,15H,1-2H3. The van der Waals surface area contributed by atoms with Gasteiger partial charge in [0.05, 0.1) is 9.79 Å². The third kappa shape index (κ3) is 2.38. The van der Waals surface area contributed by atoms with E-state index in [0.717, 1.165) is 11.3 Å². The van der Waals surface area contributed by atoms with Crippen molar-refractivity contribution in [3.63, 3.8) is 0 Å². The van der Waals surface area contributed by atoms with Gasteiger partial charge in [0.25, 0.3) is 0 Å². The van der Waals surface area contributed by atoms with Gasteiger partial charge in [0.15, 0.2) is 0 Å². The highest BCUT2D eigenvalue weighted by Gasteiger charge is 2.17. The normalized spacial score (nSPS) is 11.2. The van der Waals surface area contributed by atoms with E-state index in [1.54, 1.807) is 49.5 Å². The fourth-order valence-electron chi connectivity index (χ4n) is 1.67. The molecule has 0 bridgehead atoms. The Kier molecular flexibility index (Phi) is 3.39. The Hall–Kier alpha value is -1.81. The topological polar surface area (TPSA) is 46.2 Å². The van der Waals surface area contributed by atoms with Crippen molar-refractivity contribution in [3.05, 3.63) is 54.1 Å². The maximum absolute atomic E-state index is 12.4. The van der Waals surface area contributed by atoms with Crippen LogP contribution in [0.1, 0.15) is 5.56 Å². The Morgan fingerprint density at radius 1 is 0.944 bits per heavy atom. The molecule has 0 saturated heterocycles. The molecule has 0 heterocycles. The molecule has 3 nitrogen and oxygen atoms in total. The van der Waals surface area contributed by atoms with Crippen LogP contribution >= 0.6 is 0 Å². The van der Waals surface area contributed by atoms with E-state index in [-0.39, 0.29) is 0 Å². The molecule has 0 aromatic heterocycles. The van der Waals surface area contributed by atoms with Crippen molar-refractivity contribution >= 4 is 15.5 Å². The first-order chi connectivity index (χ1) is 8.54. The SMILES string of the molecule is CNc1cccc(S(=O)(=O)c2ccc(C)cc2)c1. The molecule has 2 aromatic rings. The van der Waals surface area contributed by atoms with Crippen molar-refractivity contribution in [3.8, 4) is 0 Å². The summed E-state index contributed by atoms with van der Waals surface area (Å²) < 4.78 is 24.8. The number of rotatable bonds is 3. The molecule has 0 fully saturated rings. The molecule has 18 heavy (non-hydrogen) atoms. The van der Waals surface area contributed by atoms with E-state index >= 15 is 0 Å². The Morgan fingerprint density at radius 2 is 1.61 bits per heavy atom. The number of nitrogens with one attached hydrogen (secondary N) is 1. The molecule has 4 heteroatoms. The molecule has 0 amide bonds. The Bertz CT molecular complexity index is 646. The minimum atomic E-state index is -3.43. The van der Waals surface area contributed by atoms with Gasteiger partial charge in [-0.1, -0.05) is 23.8 Å². The van der Waals surface area contributed by atoms with Gasteiger partial charge in [-0.15, -0.1) is 0 Å². The van der Waals surface area contributed by atoms with E-state index < -0.39 is 9.84 Å². The predicted molar refractivity (Wildman–Crippen MR) is 72.6 cm³/mol. The summed E-state index contributed by atoms with van der Waals surface area (Å²) in [7, 11) is -1.67. The van der Waals surface area contributed by atoms with Gasteiger partial charge < -0.3 is 5.32 Å². The quantitative estimate of drug-likeness (QED) is 0.924. The van der Waals surface area contributed by atoms with Crippen LogP contribution in [0.4, 0.5) is 5.69 Å². The van der Waals surface area contributed by atoms with Crippen LogP contribution in [-0.2, 0) is 9.84 Å². The molecule has 2 aromatic carbocycles. The number of aryl methyl sites for hydroxylation is 1. The average Bonchev–Trinajstić information content (AvgIpc) is 2.39. The number of hydrogen-bond donors (Lipinski definition) is 1. The molecule has 0 aliphatic carbocycles. The van der Waals surface area contributed by atoms with Gasteiger partial charge in [0, 0.05) is 12.7 Å². The minimum absolute atomic E-state index is 0.304. The lowest BCUT2D eigenvalue weighted by molar-refractivity contribution is 0.596. The fourth-order valence-corrected chi connectivity index (χ4v) is 2.98. The molecule has 0 aliphatic rings. The summed E-state index contributed by atoms with van der Waals surface area (Å²) in [5, 5.41) is 2.94. The van der Waals surface area contributed by atoms with Crippen LogP contribution < -0.4 is 5.32 Å². The Morgan fingerprint density at radius 3 is 2.22 bits per heavy atom. The Labute approximate surface area is 107 Å². The highest BCUT2D eigenvalue weighted by Crippen LogP contribution is 2.23. The third-order valence-corrected chi connectivity index (χ3v) is 4.53. The minimum Gasteiger partial charge on any atom is -0.388 e. The van der Waals surface area contributed by atoms with Crippen LogP contribution in [0.5, 0.6) is 0 Å². The van der Waals surface area contributed by atoms with Crippen LogP contribution in [0.25, 0.3) is 0 Å². The molecule has 1 N–H and O–H groups in total. The number of hydrogen-bond acceptors (Lipinski definition) is 3. The summed E-state index contributed by atoms with van der Waals surface area (Å²) in [5.41, 5.74) is 1.82. The number of anilines is 1. The van der Waals surface area contributed by atoms with Gasteiger partial charge in [-0.25, -0.2) is 8.42 Å². The molecule has 0 radical (unpaired) electrons. The summed E-state index contributed by atoms with van der Waals surface area (Å²) in [4.78, 5) is 0.625. The van der Waals surface area contributed by atoms with E-state index in [1.165, 1.54) is 0 Å². The second-order valence-electron chi connectivity index (χ2n) is 4.09. The maximum Gasteiger partial charge on any atom is 0.206 e. The van der Waals surface area contributed by atoms with Gasteiger partial charge >= 0.3 is 0 Å². The maximum atomic E-state index is 12.4. The zero-order valence-corrected chi connectivity index (χ0v) is 11.2. The predicted octanol–water partition coefficient (Wildman–Crippen LogP) is 2.87. The van der Waals surface area contributed by atoms with Gasteiger partial charge in [0.2, 0.25) is 9.84 Å². The molecule has 2 rings (SSSR count). The van der Waals surface area contributed by atoms with Crippen molar-refractivity contribution < 1.29 is 8.42 Å². The molecule has 0 atom stereocenters. The van der Waals surface area contributed by atoms with Gasteiger partial charge in [-0.2, -0.15) is 0 Å². The van der Waals surface area contributed by atoms with Gasteiger partial charge in [-0.05, 0) is 37.3 Å². The summed E-state index contributed by atoms with van der Waals surface area (Å²) >= 11 is 0. The molecular formula is C14H15NO2S. The molecule has 0 saturated carbocycles. The first-order valence-electron chi connectivity index (χ1n) is 5.63. The summed E-state index contributed by atoms with van der Waals surface area (Å²) in [6, 6.07) is 13.7. The van der Waals surface area contributed by atoms with E-state index in [1.807, 2.05) is 13.0 Å². The third-order valence-electron chi connectivity index (χ3n) is 2.76. The number of sulfone groups is 1. The van der Waals surface area contributed by atoms with E-state index in [9.17, 15) is 8.42 Å². The lowest BCUT2D eigenvalue weighted by atomic mass is 10.2. The first-order valence-corrected chi connectivity index (χ1v) is 7.12. The van der Waals surface area contributed by atoms with Crippen LogP contribution in [0, 0.1) is 6.92 Å². The highest BCUT2D eigenvalue weighted by atomic mass is 32.2. The molecule has 94 valence electrons. The van der Waals surface area contributed by atoms with Crippen molar-refractivity contribution in [1.29, 1.82) is 0 Å². The van der Waals surface area contributed by atoms with E-state index in [4.69, 9.17) is 0 Å². The van der Waals surface area contributed by atoms with Gasteiger partial charge in [-0.3, -0.25) is 0 Å². The van der Waals surface area contributed by atoms with Crippen LogP contribution in [0.2, 0.25) is 0 Å². The van der Waals surface area contributed by atoms with Crippen molar-refractivity contribution in [2.24, 2.45) is 0 Å². The Balaban J connectivity index is 2.50. The summed E-state index contributed by atoms with van der Waals surface area (Å²) in [6.45, 7) is 1.93. The highest BCUT2D eigenvalue weighted by molar-refractivity contribution is 7.91. The summed E-state index contributed by atoms with van der Waals surface area (Å²) in [6.07, 6.45) is 0. The zero-order chi connectivity index (χ0) is 13.2. The summed E-state index contributed by atoms with van der Waals surface area (Å²) in [5.74, 6) is 0. The van der Waals surface area contributed by atoms with Crippen LogP contribution in [0.3, 0.4) is 0 Å². The van der Waals surface area contributed by atoms with Crippen molar-refractivity contribution in [1.82, 2.24) is 0 Å². The molecule has 0 aliphatic heterocycles. The average molecular weight is 261 g/mol. The monoisotopic (exact) mass is 261 g/mol. The second kappa shape index (κ2) is 4.82. The van der Waals surface area contributed by atoms with E-state index in [0.29, 0.717) is 9.79 Å². The van der Waals surface area contributed by atoms with Gasteiger partial charge in [0.1, 0.15) is 0 Å². The molecule has 0 unspecified atom stereocenters. The zero-order valence-electron chi connectivity index (χ0n) is 10.3. The van der Waals surface area contributed by atoms with E-state index in [2.05, 4.69) is 5.32 Å². The lowest BCUT2D eigenvalue weighted by Crippen LogP contribution is -2.02. The lowest BCUT2D eigenvalue weighted by Gasteiger charge is -2.07. The van der Waals surface area contributed by atoms with Crippen molar-refractivity contribution in [2.75, 3.05) is 12.4 Å². The molecular weight excluding hydrogens is 246 g/mol. The first kappa shape index (κ1) is 12.6.